The van der Waals surface area contributed by atoms with Gasteiger partial charge in [-0.05, 0) is 31.7 Å². The van der Waals surface area contributed by atoms with Crippen molar-refractivity contribution in [3.05, 3.63) is 42.0 Å². The van der Waals surface area contributed by atoms with Gasteiger partial charge in [0.25, 0.3) is 0 Å². The van der Waals surface area contributed by atoms with Crippen LogP contribution in [-0.4, -0.2) is 23.4 Å². The second-order valence-corrected chi connectivity index (χ2v) is 5.54. The molecule has 1 atom stereocenters. The first-order chi connectivity index (χ1) is 10.2. The number of aliphatic hydroxyl groups excluding tert-OH is 1. The van der Waals surface area contributed by atoms with E-state index in [9.17, 15) is 5.11 Å². The Bertz CT molecular complexity index is 568. The smallest absolute Gasteiger partial charge is 0.128 e. The summed E-state index contributed by atoms with van der Waals surface area (Å²) in [5.41, 5.74) is 0.948. The molecule has 2 aromatic rings. The van der Waals surface area contributed by atoms with Crippen molar-refractivity contribution < 1.29 is 10.2 Å². The van der Waals surface area contributed by atoms with Crippen LogP contribution in [0.15, 0.2) is 36.4 Å². The molecular weight excluding hydrogens is 262 g/mol. The van der Waals surface area contributed by atoms with E-state index in [0.717, 1.165) is 48.6 Å². The van der Waals surface area contributed by atoms with Crippen LogP contribution in [0.4, 0.5) is 0 Å². The van der Waals surface area contributed by atoms with Crippen LogP contribution in [0.2, 0.25) is 0 Å². The van der Waals surface area contributed by atoms with Crippen LogP contribution in [0.1, 0.15) is 44.2 Å². The van der Waals surface area contributed by atoms with Crippen LogP contribution in [0.5, 0.6) is 5.75 Å². The van der Waals surface area contributed by atoms with Crippen molar-refractivity contribution in [2.24, 2.45) is 0 Å². The Morgan fingerprint density at radius 3 is 2.57 bits per heavy atom. The van der Waals surface area contributed by atoms with Gasteiger partial charge in [0.1, 0.15) is 5.75 Å². The van der Waals surface area contributed by atoms with Gasteiger partial charge < -0.3 is 15.5 Å². The van der Waals surface area contributed by atoms with Gasteiger partial charge >= 0.3 is 0 Å². The summed E-state index contributed by atoms with van der Waals surface area (Å²) >= 11 is 0. The highest BCUT2D eigenvalue weighted by Crippen LogP contribution is 2.32. The summed E-state index contributed by atoms with van der Waals surface area (Å²) in [5.74, 6) is 0.383. The highest BCUT2D eigenvalue weighted by atomic mass is 16.3. The van der Waals surface area contributed by atoms with Crippen molar-refractivity contribution in [2.45, 2.75) is 38.6 Å². The van der Waals surface area contributed by atoms with Gasteiger partial charge in [-0.2, -0.15) is 0 Å². The normalized spacial score (nSPS) is 12.7. The summed E-state index contributed by atoms with van der Waals surface area (Å²) in [7, 11) is 0. The lowest BCUT2D eigenvalue weighted by atomic mass is 10.0. The zero-order valence-electron chi connectivity index (χ0n) is 12.7. The van der Waals surface area contributed by atoms with Gasteiger partial charge in [0.2, 0.25) is 0 Å². The minimum Gasteiger partial charge on any atom is -0.507 e. The summed E-state index contributed by atoms with van der Waals surface area (Å²) in [5, 5.41) is 24.6. The number of unbranched alkanes of at least 4 members (excludes halogenated alkanes) is 3. The van der Waals surface area contributed by atoms with E-state index in [1.54, 1.807) is 0 Å². The lowest BCUT2D eigenvalue weighted by molar-refractivity contribution is 0.282. The summed E-state index contributed by atoms with van der Waals surface area (Å²) in [6.07, 6.45) is 4.19. The number of rotatable bonds is 8. The maximum Gasteiger partial charge on any atom is 0.128 e. The fourth-order valence-electron chi connectivity index (χ4n) is 2.64. The third-order valence-corrected chi connectivity index (χ3v) is 3.93. The molecule has 0 heterocycles. The van der Waals surface area contributed by atoms with E-state index in [4.69, 9.17) is 5.11 Å². The Morgan fingerprint density at radius 1 is 1.00 bits per heavy atom. The summed E-state index contributed by atoms with van der Waals surface area (Å²) < 4.78 is 0. The number of benzene rings is 2. The van der Waals surface area contributed by atoms with Crippen LogP contribution in [0, 0.1) is 0 Å². The minimum atomic E-state index is 0.132. The average molecular weight is 287 g/mol. The molecule has 3 N–H and O–H groups in total. The van der Waals surface area contributed by atoms with Crippen LogP contribution >= 0.6 is 0 Å². The molecule has 0 saturated heterocycles. The number of phenols is 1. The Morgan fingerprint density at radius 2 is 1.76 bits per heavy atom. The molecule has 0 radical (unpaired) electrons. The summed E-state index contributed by atoms with van der Waals surface area (Å²) in [6.45, 7) is 3.30. The van der Waals surface area contributed by atoms with Gasteiger partial charge in [-0.25, -0.2) is 0 Å². The molecule has 0 aromatic heterocycles. The molecule has 0 aliphatic heterocycles. The molecule has 114 valence electrons. The predicted molar refractivity (Wildman–Crippen MR) is 87.6 cm³/mol. The van der Waals surface area contributed by atoms with Crippen molar-refractivity contribution in [2.75, 3.05) is 13.2 Å². The molecule has 2 rings (SSSR count). The van der Waals surface area contributed by atoms with E-state index in [1.165, 1.54) is 0 Å². The quantitative estimate of drug-likeness (QED) is 0.648. The summed E-state index contributed by atoms with van der Waals surface area (Å²) in [4.78, 5) is 0. The van der Waals surface area contributed by atoms with E-state index in [-0.39, 0.29) is 12.6 Å². The van der Waals surface area contributed by atoms with Crippen molar-refractivity contribution in [3.63, 3.8) is 0 Å². The number of hydrogen-bond donors (Lipinski definition) is 3. The van der Waals surface area contributed by atoms with E-state index >= 15 is 0 Å². The Labute approximate surface area is 126 Å². The first-order valence-electron chi connectivity index (χ1n) is 7.79. The molecule has 0 bridgehead atoms. The first kappa shape index (κ1) is 15.8. The van der Waals surface area contributed by atoms with E-state index in [0.29, 0.717) is 5.75 Å². The molecular formula is C18H25NO2. The third-order valence-electron chi connectivity index (χ3n) is 3.93. The Kier molecular flexibility index (Phi) is 6.03. The summed E-state index contributed by atoms with van der Waals surface area (Å²) in [6, 6.07) is 12.1. The molecule has 0 amide bonds. The monoisotopic (exact) mass is 287 g/mol. The standard InChI is InChI=1S/C18H25NO2/c1-14(19-12-6-2-3-7-13-20)16-11-10-15-8-4-5-9-17(15)18(16)21/h4-5,8-11,14,19-21H,2-3,6-7,12-13H2,1H3. The molecule has 0 saturated carbocycles. The van der Waals surface area contributed by atoms with Crippen LogP contribution in [-0.2, 0) is 0 Å². The Hall–Kier alpha value is -1.58. The molecule has 3 nitrogen and oxygen atoms in total. The lowest BCUT2D eigenvalue weighted by Gasteiger charge is -2.17. The topological polar surface area (TPSA) is 52.5 Å². The van der Waals surface area contributed by atoms with Gasteiger partial charge in [0.15, 0.2) is 0 Å². The maximum atomic E-state index is 10.4. The van der Waals surface area contributed by atoms with Gasteiger partial charge in [-0.3, -0.25) is 0 Å². The van der Waals surface area contributed by atoms with Gasteiger partial charge in [-0.15, -0.1) is 0 Å². The number of hydrogen-bond acceptors (Lipinski definition) is 3. The fourth-order valence-corrected chi connectivity index (χ4v) is 2.64. The lowest BCUT2D eigenvalue weighted by Crippen LogP contribution is -2.20. The predicted octanol–water partition coefficient (Wildman–Crippen LogP) is 3.75. The average Bonchev–Trinajstić information content (AvgIpc) is 2.51. The van der Waals surface area contributed by atoms with E-state index in [1.807, 2.05) is 30.3 Å². The van der Waals surface area contributed by atoms with Crippen LogP contribution < -0.4 is 5.32 Å². The Balaban J connectivity index is 1.93. The van der Waals surface area contributed by atoms with Crippen molar-refractivity contribution in [1.29, 1.82) is 0 Å². The van der Waals surface area contributed by atoms with Gasteiger partial charge in [0.05, 0.1) is 0 Å². The van der Waals surface area contributed by atoms with Crippen LogP contribution in [0.25, 0.3) is 10.8 Å². The largest absolute Gasteiger partial charge is 0.507 e. The van der Waals surface area contributed by atoms with E-state index in [2.05, 4.69) is 18.3 Å². The maximum absolute atomic E-state index is 10.4. The fraction of sp³-hybridized carbons (Fsp3) is 0.444. The first-order valence-corrected chi connectivity index (χ1v) is 7.79. The van der Waals surface area contributed by atoms with E-state index < -0.39 is 0 Å². The van der Waals surface area contributed by atoms with Crippen LogP contribution in [0.3, 0.4) is 0 Å². The molecule has 1 unspecified atom stereocenters. The highest BCUT2D eigenvalue weighted by Gasteiger charge is 2.12. The zero-order valence-corrected chi connectivity index (χ0v) is 12.7. The van der Waals surface area contributed by atoms with Crippen molar-refractivity contribution in [1.82, 2.24) is 5.32 Å². The highest BCUT2D eigenvalue weighted by molar-refractivity contribution is 5.89. The molecule has 0 fully saturated rings. The zero-order chi connectivity index (χ0) is 15.1. The van der Waals surface area contributed by atoms with Crippen molar-refractivity contribution >= 4 is 10.8 Å². The number of aliphatic hydroxyl groups is 1. The van der Waals surface area contributed by atoms with Gasteiger partial charge in [0, 0.05) is 23.6 Å². The third kappa shape index (κ3) is 4.19. The number of fused-ring (bicyclic) bond motifs is 1. The van der Waals surface area contributed by atoms with Crippen molar-refractivity contribution in [3.8, 4) is 5.75 Å². The molecule has 2 aromatic carbocycles. The molecule has 0 aliphatic rings. The number of aromatic hydroxyl groups is 1. The molecule has 21 heavy (non-hydrogen) atoms. The number of phenolic OH excluding ortho intramolecular Hbond substituents is 1. The second-order valence-electron chi connectivity index (χ2n) is 5.54. The molecule has 0 spiro atoms. The molecule has 3 heteroatoms. The SMILES string of the molecule is CC(NCCCCCCO)c1ccc2ccccc2c1O. The second kappa shape index (κ2) is 8.01. The van der Waals surface area contributed by atoms with Gasteiger partial charge in [-0.1, -0.05) is 49.2 Å². The number of nitrogens with one attached hydrogen (secondary N) is 1. The minimum absolute atomic E-state index is 0.132. The molecule has 0 aliphatic carbocycles.